The Balaban J connectivity index is 1.50. The lowest BCUT2D eigenvalue weighted by Gasteiger charge is -2.65. The summed E-state index contributed by atoms with van der Waals surface area (Å²) in [6.45, 7) is 7.38. The van der Waals surface area contributed by atoms with Crippen LogP contribution in [-0.4, -0.2) is 45.8 Å². The highest BCUT2D eigenvalue weighted by Crippen LogP contribution is 2.71. The third kappa shape index (κ3) is 4.15. The summed E-state index contributed by atoms with van der Waals surface area (Å²) in [6.07, 6.45) is 6.20. The Kier molecular flexibility index (Phi) is 6.58. The van der Waals surface area contributed by atoms with E-state index in [0.717, 1.165) is 50.6 Å². The van der Waals surface area contributed by atoms with Crippen LogP contribution in [-0.2, 0) is 19.1 Å². The third-order valence-electron chi connectivity index (χ3n) is 10.6. The number of esters is 2. The quantitative estimate of drug-likeness (QED) is 0.301. The number of rotatable bonds is 4. The van der Waals surface area contributed by atoms with Crippen LogP contribution >= 0.6 is 11.3 Å². The number of guanidine groups is 1. The third-order valence-corrected chi connectivity index (χ3v) is 11.4. The zero-order valence-electron chi connectivity index (χ0n) is 22.2. The van der Waals surface area contributed by atoms with Crippen molar-refractivity contribution in [3.05, 3.63) is 11.1 Å². The molecule has 0 aromatic carbocycles. The second kappa shape index (κ2) is 9.22. The lowest BCUT2D eigenvalue weighted by atomic mass is 9.42. The highest BCUT2D eigenvalue weighted by molar-refractivity contribution is 7.13. The molecule has 0 radical (unpaired) electrons. The minimum atomic E-state index is -0.985. The molecule has 0 spiro atoms. The van der Waals surface area contributed by atoms with Gasteiger partial charge in [-0.15, -0.1) is 11.3 Å². The number of thiazole rings is 1. The predicted molar refractivity (Wildman–Crippen MR) is 140 cm³/mol. The predicted octanol–water partition coefficient (Wildman–Crippen LogP) is 3.76. The fraction of sp³-hybridized carbons (Fsp3) is 0.778. The smallest absolute Gasteiger partial charge is 0.302 e. The molecular weight excluding hydrogens is 492 g/mol. The first-order chi connectivity index (χ1) is 17.4. The van der Waals surface area contributed by atoms with E-state index in [0.29, 0.717) is 17.5 Å². The number of aromatic nitrogens is 1. The molecule has 1 aromatic heterocycles. The zero-order chi connectivity index (χ0) is 26.8. The molecule has 204 valence electrons. The van der Waals surface area contributed by atoms with Crippen molar-refractivity contribution in [2.45, 2.75) is 103 Å². The van der Waals surface area contributed by atoms with Crippen LogP contribution in [0.1, 0.15) is 90.7 Å². The standard InChI is InChI=1S/C27H40N4O5S/c1-14(32)35-17-7-9-25(3)16(11-17)5-6-18-20(25)12-22(36-15(2)33)26(4)19(8-10-27(18,26)34)21-13-37-24(30-21)31-23(28)29/h13,16-20,22,34H,5-12H2,1-4H3,(H4,28,29,30,31)/t16-,17+,18?,19-,20?,22-,25+,26+,27+/m1/s1. The maximum absolute atomic E-state index is 12.7. The molecule has 4 fully saturated rings. The van der Waals surface area contributed by atoms with E-state index in [2.05, 4.69) is 18.8 Å². The highest BCUT2D eigenvalue weighted by atomic mass is 32.1. The first kappa shape index (κ1) is 26.4. The Hall–Kier alpha value is -2.20. The van der Waals surface area contributed by atoms with Crippen LogP contribution in [0.4, 0.5) is 5.13 Å². The fourth-order valence-electron chi connectivity index (χ4n) is 8.93. The molecular formula is C27H40N4O5S. The van der Waals surface area contributed by atoms with Crippen molar-refractivity contribution >= 4 is 34.4 Å². The van der Waals surface area contributed by atoms with Gasteiger partial charge in [-0.2, -0.15) is 4.99 Å². The number of aliphatic imine (C=N–C) groups is 1. The van der Waals surface area contributed by atoms with Crippen molar-refractivity contribution in [3.63, 3.8) is 0 Å². The molecule has 5 N–H and O–H groups in total. The number of nitrogens with two attached hydrogens (primary N) is 2. The van der Waals surface area contributed by atoms with Crippen LogP contribution in [0, 0.1) is 28.6 Å². The van der Waals surface area contributed by atoms with E-state index in [1.165, 1.54) is 25.2 Å². The van der Waals surface area contributed by atoms with Gasteiger partial charge in [0.05, 0.1) is 11.3 Å². The van der Waals surface area contributed by atoms with Gasteiger partial charge in [0, 0.05) is 30.6 Å². The van der Waals surface area contributed by atoms with Gasteiger partial charge in [-0.25, -0.2) is 4.98 Å². The summed E-state index contributed by atoms with van der Waals surface area (Å²) in [5.74, 6) is 0.0786. The summed E-state index contributed by atoms with van der Waals surface area (Å²) in [6, 6.07) is 0. The van der Waals surface area contributed by atoms with Gasteiger partial charge in [-0.3, -0.25) is 9.59 Å². The number of carbonyl (C=O) groups excluding carboxylic acids is 2. The summed E-state index contributed by atoms with van der Waals surface area (Å²) in [4.78, 5) is 32.8. The van der Waals surface area contributed by atoms with Crippen LogP contribution in [0.25, 0.3) is 0 Å². The Morgan fingerprint density at radius 2 is 1.78 bits per heavy atom. The van der Waals surface area contributed by atoms with Gasteiger partial charge < -0.3 is 26.0 Å². The molecule has 4 aliphatic carbocycles. The Morgan fingerprint density at radius 3 is 2.46 bits per heavy atom. The van der Waals surface area contributed by atoms with Crippen molar-refractivity contribution in [1.82, 2.24) is 4.98 Å². The summed E-state index contributed by atoms with van der Waals surface area (Å²) >= 11 is 1.37. The number of aliphatic hydroxyl groups is 1. The fourth-order valence-corrected chi connectivity index (χ4v) is 9.69. The number of ether oxygens (including phenoxy) is 2. The summed E-state index contributed by atoms with van der Waals surface area (Å²) in [5.41, 5.74) is 10.3. The Morgan fingerprint density at radius 1 is 1.05 bits per heavy atom. The number of fused-ring (bicyclic) bond motifs is 5. The highest BCUT2D eigenvalue weighted by Gasteiger charge is 2.71. The second-order valence-electron chi connectivity index (χ2n) is 12.2. The van der Waals surface area contributed by atoms with E-state index in [4.69, 9.17) is 25.9 Å². The Bertz CT molecular complexity index is 1100. The summed E-state index contributed by atoms with van der Waals surface area (Å²) in [5, 5.41) is 15.1. The van der Waals surface area contributed by atoms with Gasteiger partial charge in [0.2, 0.25) is 5.13 Å². The maximum Gasteiger partial charge on any atom is 0.302 e. The normalized spacial score (nSPS) is 42.6. The van der Waals surface area contributed by atoms with Gasteiger partial charge in [-0.05, 0) is 74.5 Å². The number of carbonyl (C=O) groups is 2. The minimum Gasteiger partial charge on any atom is -0.463 e. The van der Waals surface area contributed by atoms with Crippen molar-refractivity contribution in [2.75, 3.05) is 0 Å². The molecule has 1 aromatic rings. The molecule has 0 aliphatic heterocycles. The van der Waals surface area contributed by atoms with Crippen LogP contribution < -0.4 is 11.5 Å². The SMILES string of the molecule is CC(=O)O[C@H]1CC[C@]2(C)C3C[C@@H](OC(C)=O)[C@]4(C)[C@@H](c5csc(N=C(N)N)n5)CC[C@]4(O)C3CC[C@@H]2C1. The van der Waals surface area contributed by atoms with Crippen LogP contribution in [0.5, 0.6) is 0 Å². The van der Waals surface area contributed by atoms with Crippen molar-refractivity contribution in [1.29, 1.82) is 0 Å². The van der Waals surface area contributed by atoms with E-state index in [1.807, 2.05) is 5.38 Å². The maximum atomic E-state index is 12.7. The molecule has 5 rings (SSSR count). The summed E-state index contributed by atoms with van der Waals surface area (Å²) < 4.78 is 11.7. The lowest BCUT2D eigenvalue weighted by Crippen LogP contribution is -2.67. The molecule has 9 nitrogen and oxygen atoms in total. The molecule has 1 heterocycles. The van der Waals surface area contributed by atoms with Crippen molar-refractivity contribution in [2.24, 2.45) is 45.0 Å². The van der Waals surface area contributed by atoms with Gasteiger partial charge >= 0.3 is 11.9 Å². The monoisotopic (exact) mass is 532 g/mol. The van der Waals surface area contributed by atoms with E-state index >= 15 is 0 Å². The van der Waals surface area contributed by atoms with Gasteiger partial charge in [-0.1, -0.05) is 13.8 Å². The zero-order valence-corrected chi connectivity index (χ0v) is 23.1. The van der Waals surface area contributed by atoms with Crippen LogP contribution in [0.3, 0.4) is 0 Å². The molecule has 2 unspecified atom stereocenters. The molecule has 4 aliphatic rings. The van der Waals surface area contributed by atoms with Gasteiger partial charge in [0.15, 0.2) is 5.96 Å². The lowest BCUT2D eigenvalue weighted by molar-refractivity contribution is -0.248. The van der Waals surface area contributed by atoms with Gasteiger partial charge in [0.1, 0.15) is 12.2 Å². The van der Waals surface area contributed by atoms with Crippen molar-refractivity contribution < 1.29 is 24.2 Å². The summed E-state index contributed by atoms with van der Waals surface area (Å²) in [7, 11) is 0. The molecule has 0 saturated heterocycles. The molecule has 0 bridgehead atoms. The van der Waals surface area contributed by atoms with Crippen molar-refractivity contribution in [3.8, 4) is 0 Å². The second-order valence-corrected chi connectivity index (χ2v) is 13.1. The average Bonchev–Trinajstić information content (AvgIpc) is 3.36. The van der Waals surface area contributed by atoms with Gasteiger partial charge in [0.25, 0.3) is 0 Å². The number of hydrogen-bond acceptors (Lipinski definition) is 8. The van der Waals surface area contributed by atoms with Crippen LogP contribution in [0.15, 0.2) is 10.4 Å². The minimum absolute atomic E-state index is 0.00568. The number of nitrogens with zero attached hydrogens (tertiary/aromatic N) is 2. The van der Waals surface area contributed by atoms with E-state index in [1.54, 1.807) is 0 Å². The molecule has 10 heteroatoms. The largest absolute Gasteiger partial charge is 0.463 e. The van der Waals surface area contributed by atoms with E-state index in [9.17, 15) is 14.7 Å². The first-order valence-corrected chi connectivity index (χ1v) is 14.4. The average molecular weight is 533 g/mol. The topological polar surface area (TPSA) is 150 Å². The molecule has 37 heavy (non-hydrogen) atoms. The van der Waals surface area contributed by atoms with Crippen LogP contribution in [0.2, 0.25) is 0 Å². The molecule has 9 atom stereocenters. The number of hydrogen-bond donors (Lipinski definition) is 3. The molecule has 4 saturated carbocycles. The van der Waals surface area contributed by atoms with E-state index < -0.39 is 17.1 Å². The Labute approximate surface area is 222 Å². The van der Waals surface area contributed by atoms with E-state index in [-0.39, 0.29) is 47.2 Å². The molecule has 0 amide bonds. The first-order valence-electron chi connectivity index (χ1n) is 13.5.